The first-order valence-corrected chi connectivity index (χ1v) is 7.59. The van der Waals surface area contributed by atoms with Crippen molar-refractivity contribution in [1.29, 1.82) is 0 Å². The van der Waals surface area contributed by atoms with Gasteiger partial charge in [0.15, 0.2) is 0 Å². The number of carbonyl (C=O) groups excluding carboxylic acids is 1. The molecule has 1 amide bonds. The highest BCUT2D eigenvalue weighted by atomic mass is 19.1. The van der Waals surface area contributed by atoms with Gasteiger partial charge in [-0.25, -0.2) is 4.39 Å². The molecule has 1 aromatic carbocycles. The summed E-state index contributed by atoms with van der Waals surface area (Å²) in [5.74, 6) is -0.287. The van der Waals surface area contributed by atoms with Gasteiger partial charge in [0.25, 0.3) is 5.91 Å². The Hall–Kier alpha value is -1.46. The third-order valence-corrected chi connectivity index (χ3v) is 4.42. The third kappa shape index (κ3) is 3.41. The van der Waals surface area contributed by atoms with Crippen LogP contribution in [0.5, 0.6) is 0 Å². The van der Waals surface area contributed by atoms with Gasteiger partial charge in [0.2, 0.25) is 0 Å². The predicted molar refractivity (Wildman–Crippen MR) is 77.4 cm³/mol. The highest BCUT2D eigenvalue weighted by molar-refractivity contribution is 5.94. The third-order valence-electron chi connectivity index (χ3n) is 4.42. The molecule has 5 heteroatoms. The molecule has 1 saturated heterocycles. The Morgan fingerprint density at radius 2 is 2.19 bits per heavy atom. The topological polar surface area (TPSA) is 52.6 Å². The van der Waals surface area contributed by atoms with E-state index < -0.39 is 5.82 Å². The van der Waals surface area contributed by atoms with Gasteiger partial charge in [-0.05, 0) is 43.9 Å². The Kier molecular flexibility index (Phi) is 4.22. The van der Waals surface area contributed by atoms with Gasteiger partial charge in [-0.1, -0.05) is 6.07 Å². The molecule has 4 nitrogen and oxygen atoms in total. The van der Waals surface area contributed by atoms with Crippen LogP contribution in [0.15, 0.2) is 18.2 Å². The summed E-state index contributed by atoms with van der Waals surface area (Å²) in [5.41, 5.74) is 0.518. The first-order valence-electron chi connectivity index (χ1n) is 7.59. The fourth-order valence-electron chi connectivity index (χ4n) is 2.96. The average Bonchev–Trinajstić information content (AvgIpc) is 3.23. The molecule has 0 bridgehead atoms. The van der Waals surface area contributed by atoms with Crippen LogP contribution in [-0.2, 0) is 6.61 Å². The van der Waals surface area contributed by atoms with Crippen molar-refractivity contribution in [3.8, 4) is 0 Å². The average molecular weight is 292 g/mol. The smallest absolute Gasteiger partial charge is 0.251 e. The van der Waals surface area contributed by atoms with Crippen molar-refractivity contribution in [2.75, 3.05) is 19.6 Å². The van der Waals surface area contributed by atoms with Crippen molar-refractivity contribution in [3.05, 3.63) is 35.1 Å². The molecule has 1 aromatic rings. The van der Waals surface area contributed by atoms with Crippen LogP contribution in [0.3, 0.4) is 0 Å². The van der Waals surface area contributed by atoms with Crippen molar-refractivity contribution < 1.29 is 14.3 Å². The number of rotatable bonds is 5. The van der Waals surface area contributed by atoms with E-state index in [2.05, 4.69) is 10.2 Å². The minimum Gasteiger partial charge on any atom is -0.392 e. The van der Waals surface area contributed by atoms with Gasteiger partial charge in [0.05, 0.1) is 6.61 Å². The van der Waals surface area contributed by atoms with E-state index >= 15 is 0 Å². The molecule has 0 radical (unpaired) electrons. The van der Waals surface area contributed by atoms with Gasteiger partial charge in [-0.2, -0.15) is 0 Å². The SMILES string of the molecule is O=C(NC[C@H]1CCN(C2CC2)C1)c1ccc(CO)c(F)c1. The van der Waals surface area contributed by atoms with Crippen LogP contribution < -0.4 is 5.32 Å². The molecular formula is C16H21FN2O2. The van der Waals surface area contributed by atoms with Crippen molar-refractivity contribution in [2.45, 2.75) is 31.9 Å². The molecule has 2 aliphatic rings. The quantitative estimate of drug-likeness (QED) is 0.865. The molecule has 2 fully saturated rings. The molecule has 1 aliphatic heterocycles. The number of nitrogens with one attached hydrogen (secondary N) is 1. The minimum absolute atomic E-state index is 0.211. The van der Waals surface area contributed by atoms with Crippen molar-refractivity contribution in [1.82, 2.24) is 10.2 Å². The summed E-state index contributed by atoms with van der Waals surface area (Å²) in [5, 5.41) is 11.8. The molecule has 21 heavy (non-hydrogen) atoms. The fourth-order valence-corrected chi connectivity index (χ4v) is 2.96. The molecule has 2 N–H and O–H groups in total. The number of hydrogen-bond acceptors (Lipinski definition) is 3. The zero-order chi connectivity index (χ0) is 14.8. The van der Waals surface area contributed by atoms with E-state index in [-0.39, 0.29) is 18.1 Å². The summed E-state index contributed by atoms with van der Waals surface area (Å²) in [4.78, 5) is 14.5. The summed E-state index contributed by atoms with van der Waals surface area (Å²) >= 11 is 0. The van der Waals surface area contributed by atoms with Crippen LogP contribution in [0, 0.1) is 11.7 Å². The van der Waals surface area contributed by atoms with Crippen LogP contribution in [0.2, 0.25) is 0 Å². The molecule has 1 heterocycles. The number of nitrogens with zero attached hydrogens (tertiary/aromatic N) is 1. The summed E-state index contributed by atoms with van der Waals surface area (Å²) in [7, 11) is 0. The molecule has 1 saturated carbocycles. The predicted octanol–water partition coefficient (Wildman–Crippen LogP) is 1.53. The van der Waals surface area contributed by atoms with E-state index in [1.165, 1.54) is 25.0 Å². The first-order chi connectivity index (χ1) is 10.2. The number of halogens is 1. The van der Waals surface area contributed by atoms with E-state index in [9.17, 15) is 9.18 Å². The first kappa shape index (κ1) is 14.5. The minimum atomic E-state index is -0.536. The second kappa shape index (κ2) is 6.12. The van der Waals surface area contributed by atoms with E-state index in [1.54, 1.807) is 6.07 Å². The normalized spacial score (nSPS) is 22.5. The summed E-state index contributed by atoms with van der Waals surface area (Å²) in [6.07, 6.45) is 3.75. The number of hydrogen-bond donors (Lipinski definition) is 2. The maximum absolute atomic E-state index is 13.6. The molecule has 0 unspecified atom stereocenters. The lowest BCUT2D eigenvalue weighted by molar-refractivity contribution is 0.0946. The summed E-state index contributed by atoms with van der Waals surface area (Å²) < 4.78 is 13.6. The zero-order valence-electron chi connectivity index (χ0n) is 12.0. The number of carbonyl (C=O) groups is 1. The second-order valence-electron chi connectivity index (χ2n) is 6.06. The van der Waals surface area contributed by atoms with E-state index in [1.807, 2.05) is 0 Å². The van der Waals surface area contributed by atoms with Crippen LogP contribution in [-0.4, -0.2) is 41.6 Å². The van der Waals surface area contributed by atoms with Gasteiger partial charge >= 0.3 is 0 Å². The van der Waals surface area contributed by atoms with Gasteiger partial charge in [0, 0.05) is 30.3 Å². The van der Waals surface area contributed by atoms with Crippen molar-refractivity contribution in [2.24, 2.45) is 5.92 Å². The van der Waals surface area contributed by atoms with E-state index in [4.69, 9.17) is 5.11 Å². The standard InChI is InChI=1S/C16H21FN2O2/c17-15-7-12(1-2-13(15)10-20)16(21)18-8-11-5-6-19(9-11)14-3-4-14/h1-2,7,11,14,20H,3-6,8-10H2,(H,18,21)/t11-/m1/s1. The molecular weight excluding hydrogens is 271 g/mol. The monoisotopic (exact) mass is 292 g/mol. The van der Waals surface area contributed by atoms with Gasteiger partial charge in [-0.15, -0.1) is 0 Å². The van der Waals surface area contributed by atoms with Crippen LogP contribution in [0.25, 0.3) is 0 Å². The van der Waals surface area contributed by atoms with Gasteiger partial charge in [0.1, 0.15) is 5.82 Å². The Balaban J connectivity index is 1.51. The summed E-state index contributed by atoms with van der Waals surface area (Å²) in [6, 6.07) is 4.97. The number of likely N-dealkylation sites (tertiary alicyclic amines) is 1. The maximum Gasteiger partial charge on any atom is 0.251 e. The largest absolute Gasteiger partial charge is 0.392 e. The highest BCUT2D eigenvalue weighted by Crippen LogP contribution is 2.31. The Morgan fingerprint density at radius 3 is 2.86 bits per heavy atom. The van der Waals surface area contributed by atoms with Crippen molar-refractivity contribution in [3.63, 3.8) is 0 Å². The Bertz CT molecular complexity index is 531. The number of benzene rings is 1. The molecule has 0 spiro atoms. The molecule has 1 atom stereocenters. The number of amides is 1. The van der Waals surface area contributed by atoms with Crippen LogP contribution in [0.4, 0.5) is 4.39 Å². The number of aliphatic hydroxyl groups excluding tert-OH is 1. The summed E-state index contributed by atoms with van der Waals surface area (Å²) in [6.45, 7) is 2.48. The number of aliphatic hydroxyl groups is 1. The molecule has 114 valence electrons. The van der Waals surface area contributed by atoms with Gasteiger partial charge < -0.3 is 15.3 Å². The lowest BCUT2D eigenvalue weighted by Gasteiger charge is -2.15. The van der Waals surface area contributed by atoms with E-state index in [0.717, 1.165) is 25.6 Å². The fraction of sp³-hybridized carbons (Fsp3) is 0.562. The Labute approximate surface area is 124 Å². The lowest BCUT2D eigenvalue weighted by Crippen LogP contribution is -2.31. The molecule has 0 aromatic heterocycles. The zero-order valence-corrected chi connectivity index (χ0v) is 12.0. The highest BCUT2D eigenvalue weighted by Gasteiger charge is 2.34. The van der Waals surface area contributed by atoms with Gasteiger partial charge in [-0.3, -0.25) is 4.79 Å². The van der Waals surface area contributed by atoms with Crippen molar-refractivity contribution >= 4 is 5.91 Å². The van der Waals surface area contributed by atoms with Crippen LogP contribution >= 0.6 is 0 Å². The molecule has 1 aliphatic carbocycles. The lowest BCUT2D eigenvalue weighted by atomic mass is 10.1. The van der Waals surface area contributed by atoms with Crippen LogP contribution in [0.1, 0.15) is 35.2 Å². The van der Waals surface area contributed by atoms with E-state index in [0.29, 0.717) is 18.0 Å². The Morgan fingerprint density at radius 1 is 1.38 bits per heavy atom. The molecule has 3 rings (SSSR count). The maximum atomic E-state index is 13.6. The second-order valence-corrected chi connectivity index (χ2v) is 6.06.